The molecule has 0 aliphatic rings. The third kappa shape index (κ3) is 2.73. The maximum Gasteiger partial charge on any atom is 0.373 e. The van der Waals surface area contributed by atoms with Gasteiger partial charge in [0.25, 0.3) is 0 Å². The lowest BCUT2D eigenvalue weighted by Crippen LogP contribution is -2.03. The molecular formula is C15H14N4O3. The SMILES string of the molecule is COC(=O)c1ccc(Cn2nnc(-c3ccccc3C)n2)o1. The number of aromatic nitrogens is 4. The Bertz CT molecular complexity index is 806. The predicted octanol–water partition coefficient (Wildman–Crippen LogP) is 2.08. The summed E-state index contributed by atoms with van der Waals surface area (Å²) in [7, 11) is 1.30. The van der Waals surface area contributed by atoms with E-state index in [1.54, 1.807) is 12.1 Å². The lowest BCUT2D eigenvalue weighted by molar-refractivity contribution is 0.0562. The minimum Gasteiger partial charge on any atom is -0.463 e. The molecule has 0 unspecified atom stereocenters. The van der Waals surface area contributed by atoms with Gasteiger partial charge in [0.2, 0.25) is 11.6 Å². The molecule has 0 atom stereocenters. The van der Waals surface area contributed by atoms with Gasteiger partial charge in [-0.05, 0) is 29.8 Å². The Morgan fingerprint density at radius 3 is 2.86 bits per heavy atom. The Hall–Kier alpha value is -2.96. The number of benzene rings is 1. The van der Waals surface area contributed by atoms with Crippen LogP contribution in [0.25, 0.3) is 11.4 Å². The number of ether oxygens (including phenoxy) is 1. The first-order valence-corrected chi connectivity index (χ1v) is 6.68. The van der Waals surface area contributed by atoms with Crippen LogP contribution < -0.4 is 0 Å². The zero-order chi connectivity index (χ0) is 15.5. The number of aryl methyl sites for hydroxylation is 1. The fourth-order valence-corrected chi connectivity index (χ4v) is 2.05. The summed E-state index contributed by atoms with van der Waals surface area (Å²) in [6, 6.07) is 11.1. The number of carbonyl (C=O) groups is 1. The van der Waals surface area contributed by atoms with Crippen molar-refractivity contribution in [1.29, 1.82) is 0 Å². The molecule has 7 heteroatoms. The first-order valence-electron chi connectivity index (χ1n) is 6.68. The van der Waals surface area contributed by atoms with Crippen molar-refractivity contribution >= 4 is 5.97 Å². The average Bonchev–Trinajstić information content (AvgIpc) is 3.17. The van der Waals surface area contributed by atoms with Crippen molar-refractivity contribution in [3.05, 3.63) is 53.5 Å². The summed E-state index contributed by atoms with van der Waals surface area (Å²) in [5.41, 5.74) is 2.01. The second kappa shape index (κ2) is 5.80. The molecule has 2 aromatic heterocycles. The van der Waals surface area contributed by atoms with E-state index in [9.17, 15) is 4.79 Å². The summed E-state index contributed by atoms with van der Waals surface area (Å²) < 4.78 is 9.97. The number of carbonyl (C=O) groups excluding carboxylic acids is 1. The molecule has 7 nitrogen and oxygen atoms in total. The standard InChI is InChI=1S/C15H14N4O3/c1-10-5-3-4-6-12(10)14-16-18-19(17-14)9-11-7-8-13(22-11)15(20)21-2/h3-8H,9H2,1-2H3. The molecule has 0 N–H and O–H groups in total. The van der Waals surface area contributed by atoms with E-state index in [0.717, 1.165) is 11.1 Å². The highest BCUT2D eigenvalue weighted by Crippen LogP contribution is 2.18. The molecule has 0 spiro atoms. The second-order valence-electron chi connectivity index (χ2n) is 4.72. The molecule has 3 aromatic rings. The van der Waals surface area contributed by atoms with E-state index in [-0.39, 0.29) is 12.3 Å². The smallest absolute Gasteiger partial charge is 0.373 e. The first-order chi connectivity index (χ1) is 10.7. The number of nitrogens with zero attached hydrogens (tertiary/aromatic N) is 4. The van der Waals surface area contributed by atoms with Gasteiger partial charge in [-0.25, -0.2) is 4.79 Å². The van der Waals surface area contributed by atoms with Crippen molar-refractivity contribution < 1.29 is 13.9 Å². The van der Waals surface area contributed by atoms with Crippen molar-refractivity contribution in [3.63, 3.8) is 0 Å². The zero-order valence-electron chi connectivity index (χ0n) is 12.2. The zero-order valence-corrected chi connectivity index (χ0v) is 12.2. The quantitative estimate of drug-likeness (QED) is 0.686. The van der Waals surface area contributed by atoms with Gasteiger partial charge in [0.05, 0.1) is 7.11 Å². The van der Waals surface area contributed by atoms with Crippen LogP contribution in [0.1, 0.15) is 21.9 Å². The molecule has 3 rings (SSSR count). The fraction of sp³-hybridized carbons (Fsp3) is 0.200. The van der Waals surface area contributed by atoms with E-state index in [1.807, 2.05) is 31.2 Å². The van der Waals surface area contributed by atoms with Crippen molar-refractivity contribution in [1.82, 2.24) is 20.2 Å². The van der Waals surface area contributed by atoms with Crippen LogP contribution in [0.3, 0.4) is 0 Å². The Balaban J connectivity index is 1.79. The van der Waals surface area contributed by atoms with Crippen LogP contribution in [0, 0.1) is 6.92 Å². The van der Waals surface area contributed by atoms with E-state index in [4.69, 9.17) is 4.42 Å². The van der Waals surface area contributed by atoms with Gasteiger partial charge in [-0.1, -0.05) is 24.3 Å². The summed E-state index contributed by atoms with van der Waals surface area (Å²) >= 11 is 0. The minimum absolute atomic E-state index is 0.150. The van der Waals surface area contributed by atoms with Crippen LogP contribution in [-0.4, -0.2) is 33.3 Å². The normalized spacial score (nSPS) is 10.6. The minimum atomic E-state index is -0.515. The van der Waals surface area contributed by atoms with Gasteiger partial charge in [-0.3, -0.25) is 0 Å². The van der Waals surface area contributed by atoms with Gasteiger partial charge >= 0.3 is 5.97 Å². The van der Waals surface area contributed by atoms with Gasteiger partial charge in [0.1, 0.15) is 12.3 Å². The van der Waals surface area contributed by atoms with Crippen LogP contribution in [0.5, 0.6) is 0 Å². The van der Waals surface area contributed by atoms with Crippen LogP contribution >= 0.6 is 0 Å². The molecule has 112 valence electrons. The van der Waals surface area contributed by atoms with Gasteiger partial charge < -0.3 is 9.15 Å². The Kier molecular flexibility index (Phi) is 3.69. The maximum atomic E-state index is 11.3. The lowest BCUT2D eigenvalue weighted by atomic mass is 10.1. The molecule has 0 fully saturated rings. The van der Waals surface area contributed by atoms with Crippen LogP contribution in [0.4, 0.5) is 0 Å². The number of esters is 1. The van der Waals surface area contributed by atoms with E-state index in [1.165, 1.54) is 11.9 Å². The second-order valence-corrected chi connectivity index (χ2v) is 4.72. The van der Waals surface area contributed by atoms with Crippen LogP contribution in [0.2, 0.25) is 0 Å². The van der Waals surface area contributed by atoms with Crippen LogP contribution in [-0.2, 0) is 11.3 Å². The number of furan rings is 1. The number of hydrogen-bond donors (Lipinski definition) is 0. The van der Waals surface area contributed by atoms with Crippen molar-refractivity contribution in [2.75, 3.05) is 7.11 Å². The average molecular weight is 298 g/mol. The Morgan fingerprint density at radius 2 is 2.09 bits per heavy atom. The first kappa shape index (κ1) is 14.0. The Labute approximate surface area is 126 Å². The van der Waals surface area contributed by atoms with Gasteiger partial charge in [-0.2, -0.15) is 4.80 Å². The van der Waals surface area contributed by atoms with Crippen molar-refractivity contribution in [2.45, 2.75) is 13.5 Å². The summed E-state index contributed by atoms with van der Waals surface area (Å²) in [4.78, 5) is 12.8. The lowest BCUT2D eigenvalue weighted by Gasteiger charge is -1.98. The molecule has 0 radical (unpaired) electrons. The topological polar surface area (TPSA) is 83.0 Å². The van der Waals surface area contributed by atoms with Crippen LogP contribution in [0.15, 0.2) is 40.8 Å². The summed E-state index contributed by atoms with van der Waals surface area (Å²) in [5.74, 6) is 0.738. The summed E-state index contributed by atoms with van der Waals surface area (Å²) in [6.07, 6.45) is 0. The molecule has 22 heavy (non-hydrogen) atoms. The molecule has 0 amide bonds. The number of rotatable bonds is 4. The maximum absolute atomic E-state index is 11.3. The third-order valence-corrected chi connectivity index (χ3v) is 3.18. The molecule has 0 saturated heterocycles. The molecule has 2 heterocycles. The van der Waals surface area contributed by atoms with E-state index < -0.39 is 5.97 Å². The summed E-state index contributed by atoms with van der Waals surface area (Å²) in [5, 5.41) is 12.4. The number of hydrogen-bond acceptors (Lipinski definition) is 6. The highest BCUT2D eigenvalue weighted by Gasteiger charge is 2.13. The summed E-state index contributed by atoms with van der Waals surface area (Å²) in [6.45, 7) is 2.28. The fourth-order valence-electron chi connectivity index (χ4n) is 2.05. The number of tetrazole rings is 1. The van der Waals surface area contributed by atoms with E-state index >= 15 is 0 Å². The van der Waals surface area contributed by atoms with E-state index in [2.05, 4.69) is 20.1 Å². The van der Waals surface area contributed by atoms with E-state index in [0.29, 0.717) is 11.6 Å². The van der Waals surface area contributed by atoms with Crippen molar-refractivity contribution in [2.24, 2.45) is 0 Å². The molecular weight excluding hydrogens is 284 g/mol. The highest BCUT2D eigenvalue weighted by molar-refractivity contribution is 5.86. The molecule has 0 aliphatic heterocycles. The van der Waals surface area contributed by atoms with Gasteiger partial charge in [0.15, 0.2) is 0 Å². The van der Waals surface area contributed by atoms with Gasteiger partial charge in [-0.15, -0.1) is 10.2 Å². The van der Waals surface area contributed by atoms with Gasteiger partial charge in [0, 0.05) is 5.56 Å². The number of methoxy groups -OCH3 is 1. The largest absolute Gasteiger partial charge is 0.463 e. The Morgan fingerprint density at radius 1 is 1.27 bits per heavy atom. The molecule has 0 saturated carbocycles. The predicted molar refractivity (Wildman–Crippen MR) is 77.1 cm³/mol. The molecule has 0 bridgehead atoms. The monoisotopic (exact) mass is 298 g/mol. The third-order valence-electron chi connectivity index (χ3n) is 3.18. The van der Waals surface area contributed by atoms with Crippen molar-refractivity contribution in [3.8, 4) is 11.4 Å². The molecule has 1 aromatic carbocycles. The highest BCUT2D eigenvalue weighted by atomic mass is 16.5. The molecule has 0 aliphatic carbocycles.